The number of hydrogen-bond acceptors (Lipinski definition) is 3. The molecule has 2 rings (SSSR count). The number of ketones is 1. The lowest BCUT2D eigenvalue weighted by Crippen LogP contribution is -2.12. The van der Waals surface area contributed by atoms with Crippen LogP contribution in [0.15, 0.2) is 24.3 Å². The highest BCUT2D eigenvalue weighted by molar-refractivity contribution is 6.39. The van der Waals surface area contributed by atoms with E-state index in [1.165, 1.54) is 18.2 Å². The number of phenols is 1. The summed E-state index contributed by atoms with van der Waals surface area (Å²) in [4.78, 5) is 24.2. The highest BCUT2D eigenvalue weighted by Gasteiger charge is 2.16. The van der Waals surface area contributed by atoms with Crippen LogP contribution in [-0.4, -0.2) is 26.9 Å². The zero-order valence-electron chi connectivity index (χ0n) is 7.52. The Balaban J connectivity index is 2.56. The van der Waals surface area contributed by atoms with E-state index in [0.29, 0.717) is 10.9 Å². The number of aromatic nitrogens is 1. The Morgan fingerprint density at radius 2 is 1.93 bits per heavy atom. The summed E-state index contributed by atoms with van der Waals surface area (Å²) in [7, 11) is 0. The number of carboxylic acid groups (broad SMARTS) is 1. The van der Waals surface area contributed by atoms with Crippen molar-refractivity contribution in [3.05, 3.63) is 30.0 Å². The maximum absolute atomic E-state index is 11.1. The number of nitrogens with one attached hydrogen (secondary N) is 1. The minimum atomic E-state index is -1.51. The number of aromatic amines is 1. The average Bonchev–Trinajstić information content (AvgIpc) is 2.58. The van der Waals surface area contributed by atoms with Crippen molar-refractivity contribution in [2.75, 3.05) is 0 Å². The molecule has 0 aliphatic rings. The van der Waals surface area contributed by atoms with Gasteiger partial charge in [0.05, 0.1) is 5.69 Å². The summed E-state index contributed by atoms with van der Waals surface area (Å²) in [5.41, 5.74) is 0.530. The molecule has 0 radical (unpaired) electrons. The Morgan fingerprint density at radius 1 is 1.20 bits per heavy atom. The van der Waals surface area contributed by atoms with Gasteiger partial charge in [-0.3, -0.25) is 4.79 Å². The number of fused-ring (bicyclic) bond motifs is 1. The fourth-order valence-corrected chi connectivity index (χ4v) is 1.35. The zero-order chi connectivity index (χ0) is 11.0. The third-order valence-electron chi connectivity index (χ3n) is 2.04. The van der Waals surface area contributed by atoms with Crippen LogP contribution in [0.5, 0.6) is 5.75 Å². The SMILES string of the molecule is O=C(O)C(=O)c1cc2ccc(O)cc2[nH]1. The molecule has 2 aromatic rings. The van der Waals surface area contributed by atoms with Crippen molar-refractivity contribution in [3.8, 4) is 5.75 Å². The molecule has 0 atom stereocenters. The number of carboxylic acids is 1. The molecule has 0 aliphatic carbocycles. The number of carbonyl (C=O) groups is 2. The van der Waals surface area contributed by atoms with Crippen molar-refractivity contribution >= 4 is 22.7 Å². The van der Waals surface area contributed by atoms with E-state index < -0.39 is 11.8 Å². The lowest BCUT2D eigenvalue weighted by atomic mass is 10.2. The summed E-state index contributed by atoms with van der Waals surface area (Å²) in [6, 6.07) is 5.92. The van der Waals surface area contributed by atoms with E-state index in [1.807, 2.05) is 0 Å². The van der Waals surface area contributed by atoms with Crippen LogP contribution in [0, 0.1) is 0 Å². The second-order valence-corrected chi connectivity index (χ2v) is 3.09. The Labute approximate surface area is 84.0 Å². The number of aromatic hydroxyl groups is 1. The third kappa shape index (κ3) is 1.54. The summed E-state index contributed by atoms with van der Waals surface area (Å²) in [6.45, 7) is 0. The first-order chi connectivity index (χ1) is 7.08. The van der Waals surface area contributed by atoms with Crippen molar-refractivity contribution in [2.45, 2.75) is 0 Å². The van der Waals surface area contributed by atoms with E-state index >= 15 is 0 Å². The standard InChI is InChI=1S/C10H7NO4/c12-6-2-1-5-3-8(9(13)10(14)15)11-7(5)4-6/h1-4,11-12H,(H,14,15). The molecule has 0 aliphatic heterocycles. The summed E-state index contributed by atoms with van der Waals surface area (Å²) in [5.74, 6) is -2.45. The largest absolute Gasteiger partial charge is 0.508 e. The molecule has 0 bridgehead atoms. The van der Waals surface area contributed by atoms with Crippen molar-refractivity contribution in [3.63, 3.8) is 0 Å². The number of H-pyrrole nitrogens is 1. The topological polar surface area (TPSA) is 90.4 Å². The number of benzene rings is 1. The van der Waals surface area contributed by atoms with Gasteiger partial charge in [0.2, 0.25) is 0 Å². The second kappa shape index (κ2) is 3.13. The summed E-state index contributed by atoms with van der Waals surface area (Å²) < 4.78 is 0. The van der Waals surface area contributed by atoms with E-state index in [-0.39, 0.29) is 11.4 Å². The number of Topliss-reactive ketones (excluding diaryl/α,β-unsaturated/α-hetero) is 1. The molecular formula is C10H7NO4. The van der Waals surface area contributed by atoms with E-state index in [2.05, 4.69) is 4.98 Å². The van der Waals surface area contributed by atoms with Gasteiger partial charge in [0.1, 0.15) is 5.75 Å². The van der Waals surface area contributed by atoms with E-state index in [1.54, 1.807) is 6.07 Å². The van der Waals surface area contributed by atoms with Crippen molar-refractivity contribution in [2.24, 2.45) is 0 Å². The number of rotatable bonds is 2. The number of aliphatic carboxylic acids is 1. The molecule has 76 valence electrons. The predicted octanol–water partition coefficient (Wildman–Crippen LogP) is 1.14. The molecule has 0 saturated carbocycles. The minimum Gasteiger partial charge on any atom is -0.508 e. The van der Waals surface area contributed by atoms with Gasteiger partial charge in [-0.1, -0.05) is 0 Å². The van der Waals surface area contributed by atoms with Crippen molar-refractivity contribution < 1.29 is 19.8 Å². The molecule has 0 fully saturated rings. The van der Waals surface area contributed by atoms with Gasteiger partial charge in [-0.05, 0) is 18.2 Å². The van der Waals surface area contributed by atoms with Gasteiger partial charge in [-0.2, -0.15) is 0 Å². The van der Waals surface area contributed by atoms with Gasteiger partial charge in [0.25, 0.3) is 5.78 Å². The monoisotopic (exact) mass is 205 g/mol. The lowest BCUT2D eigenvalue weighted by Gasteiger charge is -1.90. The molecule has 15 heavy (non-hydrogen) atoms. The fourth-order valence-electron chi connectivity index (χ4n) is 1.35. The first-order valence-electron chi connectivity index (χ1n) is 4.17. The molecule has 1 heterocycles. The second-order valence-electron chi connectivity index (χ2n) is 3.09. The van der Waals surface area contributed by atoms with E-state index in [4.69, 9.17) is 10.2 Å². The van der Waals surface area contributed by atoms with E-state index in [0.717, 1.165) is 0 Å². The van der Waals surface area contributed by atoms with Crippen LogP contribution in [0.3, 0.4) is 0 Å². The van der Waals surface area contributed by atoms with Gasteiger partial charge in [-0.15, -0.1) is 0 Å². The minimum absolute atomic E-state index is 0.00287. The molecule has 1 aromatic carbocycles. The van der Waals surface area contributed by atoms with Crippen molar-refractivity contribution in [1.82, 2.24) is 4.98 Å². The average molecular weight is 205 g/mol. The summed E-state index contributed by atoms with van der Waals surface area (Å²) >= 11 is 0. The van der Waals surface area contributed by atoms with Crippen LogP contribution in [-0.2, 0) is 4.79 Å². The fraction of sp³-hybridized carbons (Fsp3) is 0. The molecule has 1 aromatic heterocycles. The van der Waals surface area contributed by atoms with Crippen LogP contribution in [0.4, 0.5) is 0 Å². The quantitative estimate of drug-likeness (QED) is 0.506. The van der Waals surface area contributed by atoms with Crippen LogP contribution in [0.2, 0.25) is 0 Å². The highest BCUT2D eigenvalue weighted by Crippen LogP contribution is 2.20. The predicted molar refractivity (Wildman–Crippen MR) is 51.9 cm³/mol. The van der Waals surface area contributed by atoms with Gasteiger partial charge in [0.15, 0.2) is 0 Å². The number of carbonyl (C=O) groups excluding carboxylic acids is 1. The van der Waals surface area contributed by atoms with Gasteiger partial charge in [-0.25, -0.2) is 4.79 Å². The van der Waals surface area contributed by atoms with Gasteiger partial charge >= 0.3 is 5.97 Å². The molecule has 5 nitrogen and oxygen atoms in total. The smallest absolute Gasteiger partial charge is 0.378 e. The first-order valence-corrected chi connectivity index (χ1v) is 4.17. The molecule has 0 amide bonds. The van der Waals surface area contributed by atoms with Gasteiger partial charge < -0.3 is 15.2 Å². The summed E-state index contributed by atoms with van der Waals surface area (Å²) in [6.07, 6.45) is 0. The maximum Gasteiger partial charge on any atom is 0.378 e. The Morgan fingerprint density at radius 3 is 2.60 bits per heavy atom. The van der Waals surface area contributed by atoms with Crippen LogP contribution in [0.25, 0.3) is 10.9 Å². The zero-order valence-corrected chi connectivity index (χ0v) is 7.52. The first kappa shape index (κ1) is 9.26. The Kier molecular flexibility index (Phi) is 1.93. The molecule has 0 unspecified atom stereocenters. The molecule has 0 saturated heterocycles. The normalized spacial score (nSPS) is 10.4. The molecular weight excluding hydrogens is 198 g/mol. The lowest BCUT2D eigenvalue weighted by molar-refractivity contribution is -0.131. The molecule has 0 spiro atoms. The number of phenolic OH excluding ortho intramolecular Hbond substituents is 1. The third-order valence-corrected chi connectivity index (χ3v) is 2.04. The summed E-state index contributed by atoms with van der Waals surface area (Å²) in [5, 5.41) is 18.3. The van der Waals surface area contributed by atoms with Crippen molar-refractivity contribution in [1.29, 1.82) is 0 Å². The van der Waals surface area contributed by atoms with E-state index in [9.17, 15) is 9.59 Å². The number of hydrogen-bond donors (Lipinski definition) is 3. The van der Waals surface area contributed by atoms with Crippen LogP contribution >= 0.6 is 0 Å². The van der Waals surface area contributed by atoms with Gasteiger partial charge in [0, 0.05) is 17.0 Å². The van der Waals surface area contributed by atoms with Crippen LogP contribution < -0.4 is 0 Å². The van der Waals surface area contributed by atoms with Crippen LogP contribution in [0.1, 0.15) is 10.5 Å². The molecule has 5 heteroatoms. The Bertz CT molecular complexity index is 556. The highest BCUT2D eigenvalue weighted by atomic mass is 16.4. The Hall–Kier alpha value is -2.30. The molecule has 3 N–H and O–H groups in total. The maximum atomic E-state index is 11.1.